The van der Waals surface area contributed by atoms with Gasteiger partial charge in [-0.15, -0.1) is 0 Å². The van der Waals surface area contributed by atoms with Crippen molar-refractivity contribution >= 4 is 5.97 Å². The maximum absolute atomic E-state index is 13.4. The molecule has 2 aromatic rings. The molecule has 180 valence electrons. The minimum Gasteiger partial charge on any atom is -0.480 e. The number of carbonyl (C=O) groups is 1. The predicted octanol–water partition coefficient (Wildman–Crippen LogP) is 3.30. The number of hydrogen-bond donors (Lipinski definition) is 2. The minimum atomic E-state index is -5.55. The SMILES string of the molecule is Cn1cc(CN2CC3C(C(=O)O)NC(C(C(F)(F)F)C(F)(F)F)C3C2)c(-c2ccccc2)n1. The van der Waals surface area contributed by atoms with Crippen molar-refractivity contribution in [3.8, 4) is 11.3 Å². The van der Waals surface area contributed by atoms with Crippen LogP contribution in [0.1, 0.15) is 5.56 Å². The van der Waals surface area contributed by atoms with Crippen LogP contribution in [-0.4, -0.2) is 63.3 Å². The van der Waals surface area contributed by atoms with E-state index in [1.165, 1.54) is 0 Å². The van der Waals surface area contributed by atoms with Crippen LogP contribution in [0.15, 0.2) is 36.5 Å². The zero-order valence-corrected chi connectivity index (χ0v) is 17.4. The average Bonchev–Trinajstić information content (AvgIpc) is 3.35. The summed E-state index contributed by atoms with van der Waals surface area (Å²) in [6.07, 6.45) is -9.36. The molecule has 2 aliphatic rings. The first-order chi connectivity index (χ1) is 15.4. The molecule has 2 saturated heterocycles. The van der Waals surface area contributed by atoms with E-state index >= 15 is 0 Å². The molecular formula is C21H22F6N4O2. The molecule has 4 atom stereocenters. The van der Waals surface area contributed by atoms with Crippen LogP contribution in [0.3, 0.4) is 0 Å². The van der Waals surface area contributed by atoms with E-state index < -0.39 is 48.2 Å². The van der Waals surface area contributed by atoms with E-state index in [1.54, 1.807) is 22.8 Å². The van der Waals surface area contributed by atoms with Crippen LogP contribution in [0.25, 0.3) is 11.3 Å². The number of hydrogen-bond acceptors (Lipinski definition) is 4. The molecule has 4 rings (SSSR count). The molecular weight excluding hydrogens is 454 g/mol. The second-order valence-corrected chi connectivity index (χ2v) is 8.63. The Morgan fingerprint density at radius 2 is 1.73 bits per heavy atom. The molecule has 6 nitrogen and oxygen atoms in total. The quantitative estimate of drug-likeness (QED) is 0.649. The van der Waals surface area contributed by atoms with Gasteiger partial charge >= 0.3 is 18.3 Å². The van der Waals surface area contributed by atoms with Crippen LogP contribution in [-0.2, 0) is 18.4 Å². The summed E-state index contributed by atoms with van der Waals surface area (Å²) in [5, 5.41) is 16.1. The highest BCUT2D eigenvalue weighted by Gasteiger charge is 2.66. The summed E-state index contributed by atoms with van der Waals surface area (Å²) in [5.41, 5.74) is 2.23. The summed E-state index contributed by atoms with van der Waals surface area (Å²) < 4.78 is 82.0. The van der Waals surface area contributed by atoms with Crippen LogP contribution in [0, 0.1) is 17.8 Å². The van der Waals surface area contributed by atoms with Crippen LogP contribution in [0.5, 0.6) is 0 Å². The molecule has 2 aliphatic heterocycles. The third-order valence-corrected chi connectivity index (χ3v) is 6.43. The number of alkyl halides is 6. The standard InChI is InChI=1S/C21H22F6N4O2/c1-30-7-12(15(29-30)11-5-3-2-4-6-11)8-31-9-13-14(10-31)17(19(32)33)28-16(13)18(20(22,23)24)21(25,26)27/h2-7,13-14,16-18,28H,8-10H2,1H3,(H,32,33). The second-order valence-electron chi connectivity index (χ2n) is 8.63. The molecule has 0 saturated carbocycles. The fraction of sp³-hybridized carbons (Fsp3) is 0.524. The maximum Gasteiger partial charge on any atom is 0.402 e. The van der Waals surface area contributed by atoms with Crippen molar-refractivity contribution in [2.75, 3.05) is 13.1 Å². The summed E-state index contributed by atoms with van der Waals surface area (Å²) in [4.78, 5) is 13.4. The van der Waals surface area contributed by atoms with Gasteiger partial charge in [-0.2, -0.15) is 31.4 Å². The third-order valence-electron chi connectivity index (χ3n) is 6.43. The zero-order chi connectivity index (χ0) is 24.1. The molecule has 2 N–H and O–H groups in total. The summed E-state index contributed by atoms with van der Waals surface area (Å²) in [7, 11) is 1.71. The molecule has 0 aliphatic carbocycles. The van der Waals surface area contributed by atoms with Crippen LogP contribution in [0.2, 0.25) is 0 Å². The van der Waals surface area contributed by atoms with E-state index in [-0.39, 0.29) is 19.6 Å². The molecule has 0 radical (unpaired) electrons. The topological polar surface area (TPSA) is 70.4 Å². The van der Waals surface area contributed by atoms with Gasteiger partial charge in [0, 0.05) is 56.0 Å². The normalized spacial score (nSPS) is 26.2. The van der Waals surface area contributed by atoms with E-state index in [4.69, 9.17) is 0 Å². The number of carboxylic acids is 1. The van der Waals surface area contributed by atoms with Crippen LogP contribution < -0.4 is 5.32 Å². The van der Waals surface area contributed by atoms with E-state index in [2.05, 4.69) is 10.4 Å². The van der Waals surface area contributed by atoms with Crippen molar-refractivity contribution in [1.82, 2.24) is 20.0 Å². The van der Waals surface area contributed by atoms with Gasteiger partial charge in [-0.05, 0) is 5.92 Å². The number of aromatic nitrogens is 2. The molecule has 0 amide bonds. The summed E-state index contributed by atoms with van der Waals surface area (Å²) in [6.45, 7) is 0.210. The summed E-state index contributed by atoms with van der Waals surface area (Å²) in [5.74, 6) is -7.09. The van der Waals surface area contributed by atoms with Gasteiger partial charge in [-0.25, -0.2) is 0 Å². The number of rotatable bonds is 5. The Bertz CT molecular complexity index is 992. The van der Waals surface area contributed by atoms with Crippen molar-refractivity contribution in [1.29, 1.82) is 0 Å². The Hall–Kier alpha value is -2.60. The number of likely N-dealkylation sites (tertiary alicyclic amines) is 1. The Kier molecular flexibility index (Phi) is 5.94. The number of halogens is 6. The molecule has 0 spiro atoms. The Labute approximate surface area is 185 Å². The first-order valence-corrected chi connectivity index (χ1v) is 10.3. The molecule has 0 bridgehead atoms. The van der Waals surface area contributed by atoms with Gasteiger partial charge < -0.3 is 10.4 Å². The van der Waals surface area contributed by atoms with Gasteiger partial charge in [-0.1, -0.05) is 30.3 Å². The maximum atomic E-state index is 13.4. The first kappa shape index (κ1) is 23.6. The van der Waals surface area contributed by atoms with Crippen LogP contribution >= 0.6 is 0 Å². The predicted molar refractivity (Wildman–Crippen MR) is 105 cm³/mol. The van der Waals surface area contributed by atoms with E-state index in [9.17, 15) is 36.2 Å². The lowest BCUT2D eigenvalue weighted by Crippen LogP contribution is -2.53. The molecule has 2 fully saturated rings. The van der Waals surface area contributed by atoms with Crippen molar-refractivity contribution in [2.45, 2.75) is 31.0 Å². The number of benzene rings is 1. The van der Waals surface area contributed by atoms with E-state index in [1.807, 2.05) is 30.3 Å². The summed E-state index contributed by atoms with van der Waals surface area (Å²) >= 11 is 0. The number of carboxylic acid groups (broad SMARTS) is 1. The van der Waals surface area contributed by atoms with E-state index in [0.29, 0.717) is 5.69 Å². The average molecular weight is 476 g/mol. The largest absolute Gasteiger partial charge is 0.480 e. The second kappa shape index (κ2) is 8.32. The van der Waals surface area contributed by atoms with Gasteiger partial charge in [0.1, 0.15) is 6.04 Å². The van der Waals surface area contributed by atoms with Gasteiger partial charge in [0.25, 0.3) is 0 Å². The fourth-order valence-corrected chi connectivity index (χ4v) is 5.18. The highest BCUT2D eigenvalue weighted by atomic mass is 19.4. The number of aryl methyl sites for hydroxylation is 1. The number of nitrogens with zero attached hydrogens (tertiary/aromatic N) is 3. The molecule has 1 aromatic carbocycles. The van der Waals surface area contributed by atoms with Gasteiger partial charge in [0.05, 0.1) is 5.69 Å². The van der Waals surface area contributed by atoms with Crippen molar-refractivity contribution in [2.24, 2.45) is 24.8 Å². The Morgan fingerprint density at radius 3 is 2.30 bits per heavy atom. The lowest BCUT2D eigenvalue weighted by Gasteiger charge is -2.32. The van der Waals surface area contributed by atoms with Crippen molar-refractivity contribution in [3.05, 3.63) is 42.1 Å². The van der Waals surface area contributed by atoms with Gasteiger partial charge in [-0.3, -0.25) is 14.4 Å². The lowest BCUT2D eigenvalue weighted by atomic mass is 9.84. The molecule has 4 unspecified atom stereocenters. The van der Waals surface area contributed by atoms with Crippen molar-refractivity contribution in [3.63, 3.8) is 0 Å². The van der Waals surface area contributed by atoms with E-state index in [0.717, 1.165) is 11.1 Å². The monoisotopic (exact) mass is 476 g/mol. The minimum absolute atomic E-state index is 0.0662. The van der Waals surface area contributed by atoms with Gasteiger partial charge in [0.2, 0.25) is 0 Å². The number of fused-ring (bicyclic) bond motifs is 1. The number of nitrogens with one attached hydrogen (secondary N) is 1. The molecule has 3 heterocycles. The Balaban J connectivity index is 1.61. The van der Waals surface area contributed by atoms with Gasteiger partial charge in [0.15, 0.2) is 5.92 Å². The lowest BCUT2D eigenvalue weighted by molar-refractivity contribution is -0.293. The number of aliphatic carboxylic acids is 1. The van der Waals surface area contributed by atoms with Crippen LogP contribution in [0.4, 0.5) is 26.3 Å². The smallest absolute Gasteiger partial charge is 0.402 e. The first-order valence-electron chi connectivity index (χ1n) is 10.3. The zero-order valence-electron chi connectivity index (χ0n) is 17.4. The highest BCUT2D eigenvalue weighted by Crippen LogP contribution is 2.48. The molecule has 1 aromatic heterocycles. The molecule has 12 heteroatoms. The molecule has 33 heavy (non-hydrogen) atoms. The summed E-state index contributed by atoms with van der Waals surface area (Å²) in [6, 6.07) is 5.64. The fourth-order valence-electron chi connectivity index (χ4n) is 5.18. The Morgan fingerprint density at radius 1 is 1.12 bits per heavy atom. The third kappa shape index (κ3) is 4.58. The highest BCUT2D eigenvalue weighted by molar-refractivity contribution is 5.74. The van der Waals surface area contributed by atoms with Crippen molar-refractivity contribution < 1.29 is 36.2 Å².